The number of ether oxygens (including phenoxy) is 2. The molecule has 0 fully saturated rings. The van der Waals surface area contributed by atoms with E-state index < -0.39 is 23.8 Å². The molecule has 0 radical (unpaired) electrons. The number of para-hydroxylation sites is 2. The summed E-state index contributed by atoms with van der Waals surface area (Å²) in [5.74, 6) is -1.38. The highest BCUT2D eigenvalue weighted by Crippen LogP contribution is 2.22. The second-order valence-corrected chi connectivity index (χ2v) is 10.3. The molecule has 4 aromatic carbocycles. The molecule has 0 bridgehead atoms. The van der Waals surface area contributed by atoms with Crippen LogP contribution < -0.4 is 20.1 Å². The summed E-state index contributed by atoms with van der Waals surface area (Å²) in [4.78, 5) is 46.3. The van der Waals surface area contributed by atoms with Crippen molar-refractivity contribution in [2.45, 2.75) is 35.1 Å². The smallest absolute Gasteiger partial charge is 0.337 e. The Hall–Kier alpha value is -6.16. The van der Waals surface area contributed by atoms with E-state index in [0.29, 0.717) is 13.2 Å². The zero-order chi connectivity index (χ0) is 35.1. The fourth-order valence-electron chi connectivity index (χ4n) is 4.37. The molecular weight excluding hydrogens is 624 g/mol. The van der Waals surface area contributed by atoms with E-state index in [-0.39, 0.29) is 29.9 Å². The summed E-state index contributed by atoms with van der Waals surface area (Å²) in [7, 11) is 0. The Labute approximate surface area is 286 Å². The van der Waals surface area contributed by atoms with Gasteiger partial charge >= 0.3 is 11.9 Å². The standard InChI is InChI=1S/2C19H19NO4.CH4/c1-3-24-17-10-8-14(12-13(17)2)9-11-18(21)20-16-7-5-4-6-15(16)19(22)23;1-3-24-17-12-14(9-8-13(17)2)10-11-18(21)20-16-7-5-4-6-15(16)19(22)23;/h2*4-12H,3H2,1-2H3,(H,20,21)(H,22,23);1H4/b11-9+;11-10+;. The topological polar surface area (TPSA) is 151 Å². The van der Waals surface area contributed by atoms with Gasteiger partial charge in [0.1, 0.15) is 11.5 Å². The Morgan fingerprint density at radius 2 is 1.06 bits per heavy atom. The lowest BCUT2D eigenvalue weighted by molar-refractivity contribution is -0.112. The van der Waals surface area contributed by atoms with E-state index in [4.69, 9.17) is 19.7 Å². The van der Waals surface area contributed by atoms with Gasteiger partial charge in [-0.2, -0.15) is 0 Å². The van der Waals surface area contributed by atoms with Crippen LogP contribution in [0.25, 0.3) is 12.2 Å². The molecule has 0 saturated heterocycles. The fourth-order valence-corrected chi connectivity index (χ4v) is 4.37. The first-order chi connectivity index (χ1) is 23.0. The van der Waals surface area contributed by atoms with Gasteiger partial charge in [-0.3, -0.25) is 9.59 Å². The van der Waals surface area contributed by atoms with Gasteiger partial charge in [0.2, 0.25) is 11.8 Å². The van der Waals surface area contributed by atoms with Crippen LogP contribution in [0, 0.1) is 13.8 Å². The summed E-state index contributed by atoms with van der Waals surface area (Å²) < 4.78 is 11.0. The van der Waals surface area contributed by atoms with E-state index >= 15 is 0 Å². The van der Waals surface area contributed by atoms with Crippen LogP contribution in [0.3, 0.4) is 0 Å². The number of rotatable bonds is 12. The molecule has 0 saturated carbocycles. The van der Waals surface area contributed by atoms with Crippen LogP contribution in [0.5, 0.6) is 11.5 Å². The molecule has 4 N–H and O–H groups in total. The predicted octanol–water partition coefficient (Wildman–Crippen LogP) is 8.12. The molecule has 0 aliphatic heterocycles. The van der Waals surface area contributed by atoms with Gasteiger partial charge in [-0.15, -0.1) is 0 Å². The molecule has 2 amide bonds. The maximum absolute atomic E-state index is 12.0. The Morgan fingerprint density at radius 1 is 0.612 bits per heavy atom. The number of carboxylic acid groups (broad SMARTS) is 2. The largest absolute Gasteiger partial charge is 0.494 e. The van der Waals surface area contributed by atoms with Crippen LogP contribution in [0.4, 0.5) is 11.4 Å². The lowest BCUT2D eigenvalue weighted by Gasteiger charge is -2.08. The molecule has 256 valence electrons. The van der Waals surface area contributed by atoms with Crippen molar-refractivity contribution in [3.05, 3.63) is 130 Å². The average molecular weight is 667 g/mol. The van der Waals surface area contributed by atoms with Crippen molar-refractivity contribution in [2.75, 3.05) is 23.8 Å². The Kier molecular flexibility index (Phi) is 15.5. The number of benzene rings is 4. The number of carbonyl (C=O) groups is 4. The first-order valence-electron chi connectivity index (χ1n) is 15.1. The van der Waals surface area contributed by atoms with E-state index in [1.165, 1.54) is 24.3 Å². The lowest BCUT2D eigenvalue weighted by atomic mass is 10.1. The van der Waals surface area contributed by atoms with Crippen molar-refractivity contribution in [1.82, 2.24) is 0 Å². The molecule has 0 unspecified atom stereocenters. The molecular formula is C39H42N2O8. The minimum absolute atomic E-state index is 0. The summed E-state index contributed by atoms with van der Waals surface area (Å²) in [6.07, 6.45) is 6.05. The zero-order valence-electron chi connectivity index (χ0n) is 27.2. The van der Waals surface area contributed by atoms with Gasteiger partial charge in [0, 0.05) is 12.2 Å². The Balaban J connectivity index is 0.000000333. The van der Waals surface area contributed by atoms with E-state index in [1.54, 1.807) is 48.6 Å². The van der Waals surface area contributed by atoms with Gasteiger partial charge in [-0.1, -0.05) is 49.9 Å². The minimum atomic E-state index is -1.09. The van der Waals surface area contributed by atoms with Gasteiger partial charge in [-0.05, 0) is 105 Å². The predicted molar refractivity (Wildman–Crippen MR) is 194 cm³/mol. The number of anilines is 2. The van der Waals surface area contributed by atoms with E-state index in [1.807, 2.05) is 64.1 Å². The van der Waals surface area contributed by atoms with Gasteiger partial charge in [0.25, 0.3) is 0 Å². The van der Waals surface area contributed by atoms with Crippen molar-refractivity contribution in [3.63, 3.8) is 0 Å². The summed E-state index contributed by atoms with van der Waals surface area (Å²) in [5, 5.41) is 23.4. The van der Waals surface area contributed by atoms with Crippen molar-refractivity contribution in [2.24, 2.45) is 0 Å². The number of hydrogen-bond donors (Lipinski definition) is 4. The van der Waals surface area contributed by atoms with Crippen LogP contribution >= 0.6 is 0 Å². The molecule has 0 aliphatic rings. The molecule has 4 rings (SSSR count). The van der Waals surface area contributed by atoms with Crippen LogP contribution in [0.2, 0.25) is 0 Å². The van der Waals surface area contributed by atoms with Crippen LogP contribution in [-0.2, 0) is 9.59 Å². The minimum Gasteiger partial charge on any atom is -0.494 e. The third kappa shape index (κ3) is 12.2. The van der Waals surface area contributed by atoms with Crippen molar-refractivity contribution in [1.29, 1.82) is 0 Å². The fraction of sp³-hybridized carbons (Fsp3) is 0.179. The highest BCUT2D eigenvalue weighted by molar-refractivity contribution is 6.07. The lowest BCUT2D eigenvalue weighted by Crippen LogP contribution is -2.11. The van der Waals surface area contributed by atoms with Crippen LogP contribution in [0.1, 0.15) is 64.2 Å². The van der Waals surface area contributed by atoms with Crippen molar-refractivity contribution >= 4 is 47.3 Å². The molecule has 10 nitrogen and oxygen atoms in total. The Morgan fingerprint density at radius 3 is 1.53 bits per heavy atom. The number of aryl methyl sites for hydroxylation is 2. The van der Waals surface area contributed by atoms with E-state index in [9.17, 15) is 19.2 Å². The second kappa shape index (κ2) is 19.5. The maximum Gasteiger partial charge on any atom is 0.337 e. The normalized spacial score (nSPS) is 10.4. The summed E-state index contributed by atoms with van der Waals surface area (Å²) in [6.45, 7) is 8.89. The summed E-state index contributed by atoms with van der Waals surface area (Å²) in [6, 6.07) is 23.8. The van der Waals surface area contributed by atoms with Crippen molar-refractivity contribution in [3.8, 4) is 11.5 Å². The first-order valence-corrected chi connectivity index (χ1v) is 15.1. The van der Waals surface area contributed by atoms with Crippen molar-refractivity contribution < 1.29 is 38.9 Å². The molecule has 0 spiro atoms. The van der Waals surface area contributed by atoms with Crippen LogP contribution in [-0.4, -0.2) is 47.2 Å². The van der Waals surface area contributed by atoms with Gasteiger partial charge < -0.3 is 30.3 Å². The third-order valence-electron chi connectivity index (χ3n) is 6.70. The maximum atomic E-state index is 12.0. The number of aromatic carboxylic acids is 2. The molecule has 0 atom stereocenters. The van der Waals surface area contributed by atoms with E-state index in [0.717, 1.165) is 33.8 Å². The number of nitrogens with one attached hydrogen (secondary N) is 2. The van der Waals surface area contributed by atoms with Crippen LogP contribution in [0.15, 0.2) is 97.1 Å². The third-order valence-corrected chi connectivity index (χ3v) is 6.70. The number of amides is 2. The van der Waals surface area contributed by atoms with E-state index in [2.05, 4.69) is 10.6 Å². The number of hydrogen-bond acceptors (Lipinski definition) is 6. The molecule has 49 heavy (non-hydrogen) atoms. The SMILES string of the molecule is C.CCOc1cc(/C=C/C(=O)Nc2ccccc2C(=O)O)ccc1C.CCOc1ccc(/C=C/C(=O)Nc2ccccc2C(=O)O)cc1C. The first kappa shape index (κ1) is 39.0. The monoisotopic (exact) mass is 666 g/mol. The summed E-state index contributed by atoms with van der Waals surface area (Å²) >= 11 is 0. The quantitative estimate of drug-likeness (QED) is 0.111. The summed E-state index contributed by atoms with van der Waals surface area (Å²) in [5.41, 5.74) is 4.32. The van der Waals surface area contributed by atoms with Gasteiger partial charge in [0.05, 0.1) is 35.7 Å². The van der Waals surface area contributed by atoms with Gasteiger partial charge in [-0.25, -0.2) is 9.59 Å². The second-order valence-electron chi connectivity index (χ2n) is 10.3. The zero-order valence-corrected chi connectivity index (χ0v) is 27.2. The number of carboxylic acids is 2. The molecule has 10 heteroatoms. The molecule has 0 aliphatic carbocycles. The molecule has 0 aromatic heterocycles. The highest BCUT2D eigenvalue weighted by Gasteiger charge is 2.11. The molecule has 0 heterocycles. The average Bonchev–Trinajstić information content (AvgIpc) is 3.06. The number of carbonyl (C=O) groups excluding carboxylic acids is 2. The molecule has 4 aromatic rings. The highest BCUT2D eigenvalue weighted by atomic mass is 16.5. The Bertz CT molecular complexity index is 1830. The van der Waals surface area contributed by atoms with Gasteiger partial charge in [0.15, 0.2) is 0 Å².